The van der Waals surface area contributed by atoms with Gasteiger partial charge in [0.2, 0.25) is 11.8 Å². The zero-order valence-electron chi connectivity index (χ0n) is 13.8. The van der Waals surface area contributed by atoms with Crippen LogP contribution in [0.4, 0.5) is 4.79 Å². The van der Waals surface area contributed by atoms with Crippen molar-refractivity contribution in [3.8, 4) is 0 Å². The van der Waals surface area contributed by atoms with Crippen LogP contribution in [0.25, 0.3) is 0 Å². The maximum atomic E-state index is 12.5. The highest BCUT2D eigenvalue weighted by Gasteiger charge is 2.49. The number of amides is 6. The number of urea groups is 1. The first-order chi connectivity index (χ1) is 11.4. The van der Waals surface area contributed by atoms with E-state index in [1.807, 2.05) is 6.92 Å². The summed E-state index contributed by atoms with van der Waals surface area (Å²) < 4.78 is 0. The topological polar surface area (TPSA) is 116 Å². The molecule has 0 aromatic carbocycles. The molecule has 0 aromatic rings. The second-order valence-corrected chi connectivity index (χ2v) is 6.13. The maximum absolute atomic E-state index is 12.5. The van der Waals surface area contributed by atoms with Gasteiger partial charge in [0.25, 0.3) is 0 Å². The standard InChI is InChI=1S/C15H22N4O5/c1-9-5-3-4-6-10(9)19-14(23)13(22)18(15(19)24)8-12(21)17-7-11(20)16-2/h9-10H,3-8H2,1-2H3,(H,16,20)(H,17,21)/t9-,10+/m1/s1. The molecule has 9 heteroatoms. The Morgan fingerprint density at radius 2 is 1.75 bits per heavy atom. The SMILES string of the molecule is CNC(=O)CNC(=O)CN1C(=O)C(=O)N([C@H]2CCCC[C@H]2C)C1=O. The normalized spacial score (nSPS) is 24.3. The zero-order valence-corrected chi connectivity index (χ0v) is 13.8. The van der Waals surface area contributed by atoms with Gasteiger partial charge in [0.05, 0.1) is 6.54 Å². The van der Waals surface area contributed by atoms with E-state index < -0.39 is 36.2 Å². The number of imide groups is 2. The van der Waals surface area contributed by atoms with Gasteiger partial charge in [-0.25, -0.2) is 9.69 Å². The lowest BCUT2D eigenvalue weighted by Crippen LogP contribution is -2.47. The first kappa shape index (κ1) is 17.9. The fraction of sp³-hybridized carbons (Fsp3) is 0.667. The smallest absolute Gasteiger partial charge is 0.334 e. The molecule has 0 bridgehead atoms. The Bertz CT molecular complexity index is 576. The number of rotatable bonds is 5. The van der Waals surface area contributed by atoms with Gasteiger partial charge in [-0.2, -0.15) is 0 Å². The molecule has 2 fully saturated rings. The van der Waals surface area contributed by atoms with Gasteiger partial charge >= 0.3 is 17.8 Å². The summed E-state index contributed by atoms with van der Waals surface area (Å²) in [5.41, 5.74) is 0. The van der Waals surface area contributed by atoms with Crippen LogP contribution < -0.4 is 10.6 Å². The summed E-state index contributed by atoms with van der Waals surface area (Å²) in [6, 6.07) is -1.06. The summed E-state index contributed by atoms with van der Waals surface area (Å²) in [6.07, 6.45) is 3.49. The summed E-state index contributed by atoms with van der Waals surface area (Å²) in [7, 11) is 1.42. The molecule has 1 saturated heterocycles. The van der Waals surface area contributed by atoms with Crippen molar-refractivity contribution >= 4 is 29.7 Å². The van der Waals surface area contributed by atoms with Crippen molar-refractivity contribution in [3.05, 3.63) is 0 Å². The van der Waals surface area contributed by atoms with E-state index in [1.165, 1.54) is 7.05 Å². The highest BCUT2D eigenvalue weighted by Crippen LogP contribution is 2.31. The van der Waals surface area contributed by atoms with Crippen LogP contribution in [0.3, 0.4) is 0 Å². The molecule has 2 aliphatic rings. The number of carbonyl (C=O) groups is 5. The third-order valence-electron chi connectivity index (χ3n) is 4.51. The summed E-state index contributed by atoms with van der Waals surface area (Å²) in [5, 5.41) is 4.62. The van der Waals surface area contributed by atoms with Gasteiger partial charge in [-0.3, -0.25) is 24.1 Å². The van der Waals surface area contributed by atoms with Crippen LogP contribution in [0, 0.1) is 5.92 Å². The summed E-state index contributed by atoms with van der Waals surface area (Å²) in [6.45, 7) is 1.12. The summed E-state index contributed by atoms with van der Waals surface area (Å²) in [4.78, 5) is 61.2. The molecule has 1 aliphatic carbocycles. The van der Waals surface area contributed by atoms with E-state index in [0.717, 1.165) is 24.2 Å². The lowest BCUT2D eigenvalue weighted by atomic mass is 9.85. The minimum absolute atomic E-state index is 0.126. The Labute approximate surface area is 139 Å². The summed E-state index contributed by atoms with van der Waals surface area (Å²) in [5.74, 6) is -2.82. The zero-order chi connectivity index (χ0) is 17.9. The average Bonchev–Trinajstić information content (AvgIpc) is 2.77. The van der Waals surface area contributed by atoms with Crippen LogP contribution in [-0.4, -0.2) is 65.6 Å². The van der Waals surface area contributed by atoms with Crippen molar-refractivity contribution in [2.24, 2.45) is 5.92 Å². The Morgan fingerprint density at radius 3 is 2.38 bits per heavy atom. The van der Waals surface area contributed by atoms with Gasteiger partial charge in [-0.1, -0.05) is 19.8 Å². The predicted octanol–water partition coefficient (Wildman–Crippen LogP) is -0.782. The highest BCUT2D eigenvalue weighted by atomic mass is 16.2. The molecule has 0 spiro atoms. The molecule has 24 heavy (non-hydrogen) atoms. The Morgan fingerprint density at radius 1 is 1.08 bits per heavy atom. The van der Waals surface area contributed by atoms with Crippen LogP contribution in [0.15, 0.2) is 0 Å². The molecule has 9 nitrogen and oxygen atoms in total. The molecule has 1 saturated carbocycles. The number of nitrogens with one attached hydrogen (secondary N) is 2. The Kier molecular flexibility index (Phi) is 5.53. The second-order valence-electron chi connectivity index (χ2n) is 6.13. The lowest BCUT2D eigenvalue weighted by Gasteiger charge is -2.34. The van der Waals surface area contributed by atoms with Gasteiger partial charge in [-0.15, -0.1) is 0 Å². The van der Waals surface area contributed by atoms with E-state index in [4.69, 9.17) is 0 Å². The van der Waals surface area contributed by atoms with E-state index in [9.17, 15) is 24.0 Å². The Hall–Kier alpha value is -2.45. The van der Waals surface area contributed by atoms with Crippen LogP contribution in [0.5, 0.6) is 0 Å². The van der Waals surface area contributed by atoms with Crippen LogP contribution in [0.2, 0.25) is 0 Å². The maximum Gasteiger partial charge on any atom is 0.334 e. The molecule has 132 valence electrons. The van der Waals surface area contributed by atoms with Crippen molar-refractivity contribution in [2.75, 3.05) is 20.1 Å². The van der Waals surface area contributed by atoms with Gasteiger partial charge in [0, 0.05) is 13.1 Å². The molecule has 1 aliphatic heterocycles. The Balaban J connectivity index is 2.03. The molecule has 2 rings (SSSR count). The van der Waals surface area contributed by atoms with Gasteiger partial charge in [0.15, 0.2) is 0 Å². The fourth-order valence-electron chi connectivity index (χ4n) is 3.10. The molecule has 6 amide bonds. The van der Waals surface area contributed by atoms with E-state index in [2.05, 4.69) is 10.6 Å². The lowest BCUT2D eigenvalue weighted by molar-refractivity contribution is -0.145. The minimum atomic E-state index is -0.993. The predicted molar refractivity (Wildman–Crippen MR) is 82.5 cm³/mol. The van der Waals surface area contributed by atoms with Crippen LogP contribution >= 0.6 is 0 Å². The highest BCUT2D eigenvalue weighted by molar-refractivity contribution is 6.45. The second kappa shape index (κ2) is 7.41. The monoisotopic (exact) mass is 338 g/mol. The molecule has 0 radical (unpaired) electrons. The number of likely N-dealkylation sites (N-methyl/N-ethyl adjacent to an activating group) is 1. The molecular weight excluding hydrogens is 316 g/mol. The first-order valence-electron chi connectivity index (χ1n) is 8.03. The number of hydrogen-bond acceptors (Lipinski definition) is 5. The van der Waals surface area contributed by atoms with E-state index >= 15 is 0 Å². The number of carbonyl (C=O) groups excluding carboxylic acids is 5. The first-order valence-corrected chi connectivity index (χ1v) is 8.03. The average molecular weight is 338 g/mol. The van der Waals surface area contributed by atoms with Crippen molar-refractivity contribution < 1.29 is 24.0 Å². The molecule has 2 atom stereocenters. The quantitative estimate of drug-likeness (QED) is 0.504. The van der Waals surface area contributed by atoms with Gasteiger partial charge in [-0.05, 0) is 18.8 Å². The van der Waals surface area contributed by atoms with Crippen molar-refractivity contribution in [3.63, 3.8) is 0 Å². The molecule has 2 N–H and O–H groups in total. The van der Waals surface area contributed by atoms with Crippen molar-refractivity contribution in [2.45, 2.75) is 38.6 Å². The van der Waals surface area contributed by atoms with Gasteiger partial charge < -0.3 is 10.6 Å². The third-order valence-corrected chi connectivity index (χ3v) is 4.51. The summed E-state index contributed by atoms with van der Waals surface area (Å²) >= 11 is 0. The minimum Gasteiger partial charge on any atom is -0.358 e. The largest absolute Gasteiger partial charge is 0.358 e. The fourth-order valence-corrected chi connectivity index (χ4v) is 3.10. The molecule has 0 aromatic heterocycles. The van der Waals surface area contributed by atoms with E-state index in [1.54, 1.807) is 0 Å². The molecular formula is C15H22N4O5. The van der Waals surface area contributed by atoms with Crippen molar-refractivity contribution in [1.29, 1.82) is 0 Å². The van der Waals surface area contributed by atoms with Crippen LogP contribution in [-0.2, 0) is 19.2 Å². The van der Waals surface area contributed by atoms with Gasteiger partial charge in [0.1, 0.15) is 6.54 Å². The van der Waals surface area contributed by atoms with Crippen molar-refractivity contribution in [1.82, 2.24) is 20.4 Å². The van der Waals surface area contributed by atoms with E-state index in [0.29, 0.717) is 11.3 Å². The molecule has 0 unspecified atom stereocenters. The van der Waals surface area contributed by atoms with E-state index in [-0.39, 0.29) is 18.5 Å². The molecule has 1 heterocycles. The van der Waals surface area contributed by atoms with Crippen LogP contribution in [0.1, 0.15) is 32.6 Å². The number of hydrogen-bond donors (Lipinski definition) is 2. The third kappa shape index (κ3) is 3.55. The number of nitrogens with zero attached hydrogens (tertiary/aromatic N) is 2.